The molecule has 1 aliphatic rings. The van der Waals surface area contributed by atoms with Crippen molar-refractivity contribution in [2.45, 2.75) is 26.2 Å². The Morgan fingerprint density at radius 2 is 1.21 bits per heavy atom. The molecule has 0 spiro atoms. The summed E-state index contributed by atoms with van der Waals surface area (Å²) in [5, 5.41) is 0. The van der Waals surface area contributed by atoms with Crippen LogP contribution in [-0.2, 0) is 25.5 Å². The second-order valence-corrected chi connectivity index (χ2v) is 10.3. The van der Waals surface area contributed by atoms with Crippen LogP contribution < -0.4 is 4.90 Å². The molecule has 6 rings (SSSR count). The van der Waals surface area contributed by atoms with E-state index in [-0.39, 0.29) is 25.5 Å². The first-order valence-corrected chi connectivity index (χ1v) is 12.6. The molecule has 3 nitrogen and oxygen atoms in total. The number of hydrogen-bond acceptors (Lipinski definition) is 3. The van der Waals surface area contributed by atoms with Crippen molar-refractivity contribution in [2.24, 2.45) is 4.99 Å². The van der Waals surface area contributed by atoms with Crippen LogP contribution in [0.1, 0.15) is 26.3 Å². The van der Waals surface area contributed by atoms with E-state index in [4.69, 9.17) is 9.98 Å². The van der Waals surface area contributed by atoms with Crippen LogP contribution in [0.3, 0.4) is 0 Å². The zero-order chi connectivity index (χ0) is 25.4. The maximum Gasteiger partial charge on any atom is 0.0560 e. The molecule has 0 fully saturated rings. The molecule has 0 saturated carbocycles. The van der Waals surface area contributed by atoms with Gasteiger partial charge in [-0.1, -0.05) is 124 Å². The summed E-state index contributed by atoms with van der Waals surface area (Å²) in [5.74, 6) is 0.801. The average Bonchev–Trinajstić information content (AvgIpc) is 3.11. The normalized spacial score (nSPS) is 12.2. The molecule has 38 heavy (non-hydrogen) atoms. The molecule has 4 aromatic carbocycles. The molecule has 0 bridgehead atoms. The van der Waals surface area contributed by atoms with Gasteiger partial charge in [-0.15, -0.1) is 0 Å². The monoisotopic (exact) mass is 671 g/mol. The van der Waals surface area contributed by atoms with Crippen molar-refractivity contribution in [3.63, 3.8) is 0 Å². The fraction of sp³-hybridized carbons (Fsp3) is 0.118. The van der Waals surface area contributed by atoms with E-state index in [2.05, 4.69) is 124 Å². The van der Waals surface area contributed by atoms with Gasteiger partial charge in [-0.3, -0.25) is 4.98 Å². The van der Waals surface area contributed by atoms with E-state index in [1.54, 1.807) is 0 Å². The van der Waals surface area contributed by atoms with Gasteiger partial charge < -0.3 is 9.89 Å². The third kappa shape index (κ3) is 4.74. The minimum absolute atomic E-state index is 0. The van der Waals surface area contributed by atoms with Crippen LogP contribution in [0, 0.1) is 0 Å². The molecule has 1 aromatic heterocycles. The first kappa shape index (κ1) is 25.8. The molecular formula is C34H28IrN3-. The Morgan fingerprint density at radius 1 is 0.632 bits per heavy atom. The molecule has 1 aliphatic heterocycles. The molecule has 0 atom stereocenters. The third-order valence-electron chi connectivity index (χ3n) is 6.86. The Kier molecular flexibility index (Phi) is 7.12. The molecule has 4 heteroatoms. The van der Waals surface area contributed by atoms with Gasteiger partial charge in [-0.05, 0) is 56.1 Å². The Hall–Kier alpha value is -3.85. The minimum atomic E-state index is -0.00803. The van der Waals surface area contributed by atoms with Crippen LogP contribution in [0.2, 0.25) is 0 Å². The molecule has 0 amide bonds. The number of aliphatic imine (C=N–C) groups is 1. The van der Waals surface area contributed by atoms with Crippen molar-refractivity contribution in [3.05, 3.63) is 121 Å². The van der Waals surface area contributed by atoms with Crippen molar-refractivity contribution in [3.8, 4) is 33.4 Å². The molecule has 0 unspecified atom stereocenters. The quantitative estimate of drug-likeness (QED) is 0.179. The van der Waals surface area contributed by atoms with Crippen molar-refractivity contribution in [2.75, 3.05) is 4.90 Å². The van der Waals surface area contributed by atoms with Crippen molar-refractivity contribution >= 4 is 23.5 Å². The van der Waals surface area contributed by atoms with Crippen LogP contribution in [0.5, 0.6) is 0 Å². The molecule has 189 valence electrons. The standard InChI is InChI=1S/C34H28N3.Ir/c1-34(2,3)26-20-21-35-31(22-26)37-23-36-32-27(24-12-6-4-7-13-24)16-10-18-29(32)30-19-11-17-28(33(30)37)25-14-8-5-9-15-25;/h4-22H,1-3H3;/q-1;. The van der Waals surface area contributed by atoms with Crippen LogP contribution in [0.4, 0.5) is 17.2 Å². The van der Waals surface area contributed by atoms with Gasteiger partial charge in [0.2, 0.25) is 0 Å². The number of rotatable bonds is 3. The largest absolute Gasteiger partial charge is 0.404 e. The molecule has 0 aliphatic carbocycles. The fourth-order valence-corrected chi connectivity index (χ4v) is 4.91. The second kappa shape index (κ2) is 10.5. The van der Waals surface area contributed by atoms with Gasteiger partial charge in [-0.2, -0.15) is 0 Å². The predicted octanol–water partition coefficient (Wildman–Crippen LogP) is 9.07. The predicted molar refractivity (Wildman–Crippen MR) is 155 cm³/mol. The summed E-state index contributed by atoms with van der Waals surface area (Å²) in [5.41, 5.74) is 9.79. The molecule has 5 aromatic rings. The average molecular weight is 671 g/mol. The molecular weight excluding hydrogens is 643 g/mol. The van der Waals surface area contributed by atoms with Crippen molar-refractivity contribution in [1.29, 1.82) is 0 Å². The summed E-state index contributed by atoms with van der Waals surface area (Å²) >= 11 is 0. The van der Waals surface area contributed by atoms with Crippen molar-refractivity contribution < 1.29 is 20.1 Å². The van der Waals surface area contributed by atoms with E-state index < -0.39 is 0 Å². The summed E-state index contributed by atoms with van der Waals surface area (Å²) < 4.78 is 0. The fourth-order valence-electron chi connectivity index (χ4n) is 4.91. The zero-order valence-corrected chi connectivity index (χ0v) is 24.0. The Labute approximate surface area is 238 Å². The summed E-state index contributed by atoms with van der Waals surface area (Å²) in [4.78, 5) is 11.8. The van der Waals surface area contributed by atoms with E-state index in [1.807, 2.05) is 23.2 Å². The summed E-state index contributed by atoms with van der Waals surface area (Å²) in [6.07, 6.45) is 5.29. The van der Waals surface area contributed by atoms with Gasteiger partial charge in [0.15, 0.2) is 0 Å². The SMILES string of the molecule is CC(C)(C)c1ccnc(N2[C-]=Nc3c(-c4ccccc4)cccc3-c3cccc(-c4ccccc4)c32)c1.[Ir]. The van der Waals surface area contributed by atoms with Gasteiger partial charge in [0.05, 0.1) is 5.82 Å². The Balaban J connectivity index is 0.00000294. The second-order valence-electron chi connectivity index (χ2n) is 10.3. The van der Waals surface area contributed by atoms with E-state index >= 15 is 0 Å². The maximum absolute atomic E-state index is 5.00. The Morgan fingerprint density at radius 3 is 1.87 bits per heavy atom. The Bertz CT molecular complexity index is 1600. The number of fused-ring (bicyclic) bond motifs is 3. The van der Waals surface area contributed by atoms with Gasteiger partial charge >= 0.3 is 0 Å². The van der Waals surface area contributed by atoms with Crippen LogP contribution in [-0.4, -0.2) is 11.3 Å². The molecule has 1 radical (unpaired) electrons. The molecule has 2 heterocycles. The number of pyridine rings is 1. The number of hydrogen-bond donors (Lipinski definition) is 0. The topological polar surface area (TPSA) is 28.5 Å². The molecule has 0 N–H and O–H groups in total. The van der Waals surface area contributed by atoms with Gasteiger partial charge in [0.1, 0.15) is 0 Å². The van der Waals surface area contributed by atoms with E-state index in [0.29, 0.717) is 0 Å². The smallest absolute Gasteiger partial charge is 0.0560 e. The maximum atomic E-state index is 5.00. The number of anilines is 2. The third-order valence-corrected chi connectivity index (χ3v) is 6.86. The van der Waals surface area contributed by atoms with Gasteiger partial charge in [0, 0.05) is 38.3 Å². The molecule has 0 saturated heterocycles. The van der Waals surface area contributed by atoms with E-state index in [9.17, 15) is 0 Å². The van der Waals surface area contributed by atoms with E-state index in [1.165, 1.54) is 5.56 Å². The summed E-state index contributed by atoms with van der Waals surface area (Å²) in [6.45, 7) is 6.66. The number of benzene rings is 4. The summed E-state index contributed by atoms with van der Waals surface area (Å²) in [6, 6.07) is 38.0. The van der Waals surface area contributed by atoms with Crippen LogP contribution in [0.25, 0.3) is 33.4 Å². The number of para-hydroxylation sites is 2. The van der Waals surface area contributed by atoms with Crippen molar-refractivity contribution in [1.82, 2.24) is 4.98 Å². The number of nitrogens with zero attached hydrogens (tertiary/aromatic N) is 3. The van der Waals surface area contributed by atoms with Gasteiger partial charge in [-0.25, -0.2) is 0 Å². The van der Waals surface area contributed by atoms with Gasteiger partial charge in [0.25, 0.3) is 0 Å². The minimum Gasteiger partial charge on any atom is -0.404 e. The van der Waals surface area contributed by atoms with Crippen LogP contribution in [0.15, 0.2) is 120 Å². The van der Waals surface area contributed by atoms with Crippen LogP contribution >= 0.6 is 0 Å². The first-order chi connectivity index (χ1) is 18.0. The zero-order valence-electron chi connectivity index (χ0n) is 21.6. The first-order valence-electron chi connectivity index (χ1n) is 12.6. The van der Waals surface area contributed by atoms with E-state index in [0.717, 1.165) is 50.6 Å². The summed E-state index contributed by atoms with van der Waals surface area (Å²) in [7, 11) is 0. The number of aromatic nitrogens is 1.